The summed E-state index contributed by atoms with van der Waals surface area (Å²) >= 11 is 0. The Hall–Kier alpha value is -0.530. The molecule has 1 fully saturated rings. The number of rotatable bonds is 1. The van der Waals surface area contributed by atoms with Gasteiger partial charge in [0, 0.05) is 0 Å². The second-order valence-electron chi connectivity index (χ2n) is 3.58. The van der Waals surface area contributed by atoms with E-state index < -0.39 is 9.84 Å². The average molecular weight is 188 g/mol. The van der Waals surface area contributed by atoms with E-state index >= 15 is 0 Å². The van der Waals surface area contributed by atoms with Crippen LogP contribution in [-0.2, 0) is 9.84 Å². The molecule has 0 aromatic heterocycles. The van der Waals surface area contributed by atoms with Crippen molar-refractivity contribution in [1.29, 1.82) is 0 Å². The lowest BCUT2D eigenvalue weighted by Gasteiger charge is -2.35. The minimum Gasteiger partial charge on any atom is -0.314 e. The summed E-state index contributed by atoms with van der Waals surface area (Å²) < 4.78 is 22.9. The topological polar surface area (TPSA) is 34.1 Å². The Balaban J connectivity index is 2.63. The first-order chi connectivity index (χ1) is 5.47. The molecule has 0 aliphatic carbocycles. The highest BCUT2D eigenvalue weighted by atomic mass is 32.2. The molecule has 1 heterocycles. The van der Waals surface area contributed by atoms with Gasteiger partial charge in [0.15, 0.2) is 9.84 Å². The summed E-state index contributed by atoms with van der Waals surface area (Å²) in [4.78, 5) is 0. The first kappa shape index (κ1) is 9.56. The maximum Gasteiger partial charge on any atom is 0.161 e. The summed E-state index contributed by atoms with van der Waals surface area (Å²) in [5.74, 6) is 3.15. The highest BCUT2D eigenvalue weighted by Gasteiger charge is 2.31. The molecule has 0 N–H and O–H groups in total. The maximum atomic E-state index is 11.1. The van der Waals surface area contributed by atoms with E-state index in [0.717, 1.165) is 0 Å². The fourth-order valence-electron chi connectivity index (χ4n) is 1.31. The van der Waals surface area contributed by atoms with Gasteiger partial charge in [0.05, 0.1) is 31.6 Å². The molecule has 68 valence electrons. The minimum atomic E-state index is -2.76. The van der Waals surface area contributed by atoms with Crippen molar-refractivity contribution in [3.05, 3.63) is 0 Å². The van der Waals surface area contributed by atoms with Crippen molar-refractivity contribution in [2.75, 3.05) is 38.2 Å². The molecule has 0 spiro atoms. The van der Waals surface area contributed by atoms with Crippen molar-refractivity contribution in [1.82, 2.24) is 0 Å². The molecule has 0 unspecified atom stereocenters. The first-order valence-corrected chi connectivity index (χ1v) is 5.77. The van der Waals surface area contributed by atoms with Crippen LogP contribution < -0.4 is 0 Å². The molecule has 4 heteroatoms. The van der Waals surface area contributed by atoms with Crippen LogP contribution in [0.4, 0.5) is 0 Å². The van der Waals surface area contributed by atoms with Crippen molar-refractivity contribution in [2.45, 2.75) is 0 Å². The Bertz CT molecular complexity index is 286. The zero-order valence-electron chi connectivity index (χ0n) is 7.28. The summed E-state index contributed by atoms with van der Waals surface area (Å²) in [6.45, 7) is 1.95. The van der Waals surface area contributed by atoms with E-state index in [1.54, 1.807) is 0 Å². The molecular formula is C8H14NO2S+. The molecule has 0 amide bonds. The second-order valence-corrected chi connectivity index (χ2v) is 5.88. The number of hydrogen-bond donors (Lipinski definition) is 0. The lowest BCUT2D eigenvalue weighted by atomic mass is 10.4. The first-order valence-electron chi connectivity index (χ1n) is 3.95. The number of terminal acetylenes is 1. The molecule has 1 saturated heterocycles. The SMILES string of the molecule is C#CC[N+]1(C)CCS(=O)(=O)CC1. The zero-order chi connectivity index (χ0) is 9.24. The van der Waals surface area contributed by atoms with E-state index in [1.807, 2.05) is 7.05 Å². The van der Waals surface area contributed by atoms with Crippen LogP contribution in [0.3, 0.4) is 0 Å². The number of hydrogen-bond acceptors (Lipinski definition) is 2. The third kappa shape index (κ3) is 2.23. The van der Waals surface area contributed by atoms with Crippen LogP contribution in [0, 0.1) is 12.3 Å². The van der Waals surface area contributed by atoms with E-state index in [4.69, 9.17) is 6.42 Å². The predicted molar refractivity (Wildman–Crippen MR) is 48.3 cm³/mol. The van der Waals surface area contributed by atoms with Crippen molar-refractivity contribution in [2.24, 2.45) is 0 Å². The van der Waals surface area contributed by atoms with Crippen LogP contribution in [0.5, 0.6) is 0 Å². The van der Waals surface area contributed by atoms with Gasteiger partial charge >= 0.3 is 0 Å². The molecule has 0 aromatic rings. The summed E-state index contributed by atoms with van der Waals surface area (Å²) in [5.41, 5.74) is 0. The molecule has 1 aliphatic heterocycles. The summed E-state index contributed by atoms with van der Waals surface area (Å²) in [6, 6.07) is 0. The lowest BCUT2D eigenvalue weighted by Crippen LogP contribution is -2.54. The Labute approximate surface area is 73.9 Å². The van der Waals surface area contributed by atoms with Crippen LogP contribution in [-0.4, -0.2) is 51.1 Å². The molecule has 0 bridgehead atoms. The van der Waals surface area contributed by atoms with Gasteiger partial charge in [0.25, 0.3) is 0 Å². The predicted octanol–water partition coefficient (Wildman–Crippen LogP) is -0.505. The molecule has 0 aromatic carbocycles. The minimum absolute atomic E-state index is 0.283. The van der Waals surface area contributed by atoms with E-state index in [1.165, 1.54) is 0 Å². The quantitative estimate of drug-likeness (QED) is 0.410. The van der Waals surface area contributed by atoms with Gasteiger partial charge in [0.2, 0.25) is 0 Å². The van der Waals surface area contributed by atoms with E-state index in [-0.39, 0.29) is 11.5 Å². The number of sulfone groups is 1. The molecule has 1 rings (SSSR count). The highest BCUT2D eigenvalue weighted by Crippen LogP contribution is 2.10. The van der Waals surface area contributed by atoms with Gasteiger partial charge in [-0.05, 0) is 5.92 Å². The molecule has 1 aliphatic rings. The largest absolute Gasteiger partial charge is 0.314 e. The van der Waals surface area contributed by atoms with Gasteiger partial charge < -0.3 is 4.48 Å². The standard InChI is InChI=1S/C8H14NO2S/c1-3-4-9(2)5-7-12(10,11)8-6-9/h1H,4-8H2,2H3/q+1. The van der Waals surface area contributed by atoms with Gasteiger partial charge in [-0.25, -0.2) is 8.42 Å². The molecular weight excluding hydrogens is 174 g/mol. The molecule has 3 nitrogen and oxygen atoms in total. The summed E-state index contributed by atoms with van der Waals surface area (Å²) in [5, 5.41) is 0. The Morgan fingerprint density at radius 2 is 1.92 bits per heavy atom. The van der Waals surface area contributed by atoms with Crippen molar-refractivity contribution < 1.29 is 12.9 Å². The van der Waals surface area contributed by atoms with Gasteiger partial charge in [0.1, 0.15) is 6.54 Å². The smallest absolute Gasteiger partial charge is 0.161 e. The van der Waals surface area contributed by atoms with Crippen molar-refractivity contribution in [3.63, 3.8) is 0 Å². The van der Waals surface area contributed by atoms with Crippen LogP contribution in [0.2, 0.25) is 0 Å². The van der Waals surface area contributed by atoms with Gasteiger partial charge in [-0.15, -0.1) is 6.42 Å². The van der Waals surface area contributed by atoms with Crippen LogP contribution >= 0.6 is 0 Å². The van der Waals surface area contributed by atoms with E-state index in [0.29, 0.717) is 24.1 Å². The van der Waals surface area contributed by atoms with Crippen LogP contribution in [0.15, 0.2) is 0 Å². The van der Waals surface area contributed by atoms with Crippen LogP contribution in [0.1, 0.15) is 0 Å². The normalized spacial score (nSPS) is 26.0. The van der Waals surface area contributed by atoms with E-state index in [9.17, 15) is 8.42 Å². The maximum absolute atomic E-state index is 11.1. The molecule has 0 radical (unpaired) electrons. The Morgan fingerprint density at radius 3 is 2.33 bits per heavy atom. The number of nitrogens with zero attached hydrogens (tertiary/aromatic N) is 1. The molecule has 0 atom stereocenters. The van der Waals surface area contributed by atoms with E-state index in [2.05, 4.69) is 5.92 Å². The summed E-state index contributed by atoms with van der Waals surface area (Å²) in [6.07, 6.45) is 5.20. The highest BCUT2D eigenvalue weighted by molar-refractivity contribution is 7.91. The lowest BCUT2D eigenvalue weighted by molar-refractivity contribution is -0.899. The third-order valence-corrected chi connectivity index (χ3v) is 3.97. The summed E-state index contributed by atoms with van der Waals surface area (Å²) in [7, 11) is -0.748. The third-order valence-electron chi connectivity index (χ3n) is 2.36. The van der Waals surface area contributed by atoms with Crippen molar-refractivity contribution >= 4 is 9.84 Å². The second kappa shape index (κ2) is 3.08. The molecule has 12 heavy (non-hydrogen) atoms. The van der Waals surface area contributed by atoms with Gasteiger partial charge in [-0.2, -0.15) is 0 Å². The Kier molecular flexibility index (Phi) is 2.45. The number of quaternary nitrogens is 1. The van der Waals surface area contributed by atoms with Gasteiger partial charge in [-0.3, -0.25) is 0 Å². The fourth-order valence-corrected chi connectivity index (χ4v) is 2.95. The van der Waals surface area contributed by atoms with Crippen LogP contribution in [0.25, 0.3) is 0 Å². The zero-order valence-corrected chi connectivity index (χ0v) is 8.10. The van der Waals surface area contributed by atoms with Crippen molar-refractivity contribution in [3.8, 4) is 12.3 Å². The average Bonchev–Trinajstić information content (AvgIpc) is 1.98. The van der Waals surface area contributed by atoms with Gasteiger partial charge in [-0.1, -0.05) is 0 Å². The Morgan fingerprint density at radius 1 is 1.42 bits per heavy atom. The molecule has 0 saturated carbocycles. The fraction of sp³-hybridized carbons (Fsp3) is 0.750. The monoisotopic (exact) mass is 188 g/mol.